The van der Waals surface area contributed by atoms with Crippen molar-refractivity contribution in [3.63, 3.8) is 0 Å². The van der Waals surface area contributed by atoms with Crippen LogP contribution in [-0.4, -0.2) is 45.2 Å². The number of nitrogens with zero attached hydrogens (tertiary/aromatic N) is 1. The van der Waals surface area contributed by atoms with Crippen molar-refractivity contribution in [2.45, 2.75) is 12.5 Å². The molecule has 1 amide bonds. The summed E-state index contributed by atoms with van der Waals surface area (Å²) >= 11 is 5.83. The molecule has 0 spiro atoms. The first-order chi connectivity index (χ1) is 12.5. The highest BCUT2D eigenvalue weighted by Crippen LogP contribution is 2.22. The van der Waals surface area contributed by atoms with Crippen molar-refractivity contribution < 1.29 is 14.3 Å². The molecule has 0 saturated heterocycles. The van der Waals surface area contributed by atoms with Gasteiger partial charge in [0.25, 0.3) is 0 Å². The molecule has 0 heterocycles. The van der Waals surface area contributed by atoms with E-state index >= 15 is 0 Å². The molecule has 6 heteroatoms. The number of rotatable bonds is 9. The fourth-order valence-corrected chi connectivity index (χ4v) is 2.66. The standard InChI is InChI=1S/C20H25ClN2O3/c1-23(2)19(15-5-4-6-18(13-15)25-3)14-22-20(24)11-12-26-17-9-7-16(21)8-10-17/h4-10,13,19H,11-12,14H2,1-3H3,(H,22,24). The number of ether oxygens (including phenoxy) is 2. The monoisotopic (exact) mass is 376 g/mol. The van der Waals surface area contributed by atoms with Gasteiger partial charge in [-0.15, -0.1) is 0 Å². The summed E-state index contributed by atoms with van der Waals surface area (Å²) in [6.07, 6.45) is 0.293. The molecule has 5 nitrogen and oxygen atoms in total. The van der Waals surface area contributed by atoms with E-state index in [-0.39, 0.29) is 11.9 Å². The quantitative estimate of drug-likeness (QED) is 0.727. The summed E-state index contributed by atoms with van der Waals surface area (Å²) in [7, 11) is 5.62. The third-order valence-electron chi connectivity index (χ3n) is 4.01. The summed E-state index contributed by atoms with van der Waals surface area (Å²) in [5, 5.41) is 3.63. The molecule has 0 fully saturated rings. The third-order valence-corrected chi connectivity index (χ3v) is 4.26. The minimum Gasteiger partial charge on any atom is -0.497 e. The zero-order valence-corrected chi connectivity index (χ0v) is 16.1. The second-order valence-corrected chi connectivity index (χ2v) is 6.55. The van der Waals surface area contributed by atoms with Gasteiger partial charge in [0.15, 0.2) is 0 Å². The normalized spacial score (nSPS) is 11.9. The SMILES string of the molecule is COc1cccc(C(CNC(=O)CCOc2ccc(Cl)cc2)N(C)C)c1. The molecular formula is C20H25ClN2O3. The van der Waals surface area contributed by atoms with E-state index in [1.165, 1.54) is 0 Å². The number of carbonyl (C=O) groups is 1. The van der Waals surface area contributed by atoms with Gasteiger partial charge in [0, 0.05) is 11.6 Å². The average Bonchev–Trinajstić information content (AvgIpc) is 2.63. The topological polar surface area (TPSA) is 50.8 Å². The largest absolute Gasteiger partial charge is 0.497 e. The molecule has 2 rings (SSSR count). The van der Waals surface area contributed by atoms with E-state index in [0.717, 1.165) is 11.3 Å². The molecule has 140 valence electrons. The van der Waals surface area contributed by atoms with Gasteiger partial charge >= 0.3 is 0 Å². The zero-order chi connectivity index (χ0) is 18.9. The molecule has 0 aromatic heterocycles. The molecule has 0 aliphatic carbocycles. The fourth-order valence-electron chi connectivity index (χ4n) is 2.54. The van der Waals surface area contributed by atoms with Crippen LogP contribution >= 0.6 is 11.6 Å². The summed E-state index contributed by atoms with van der Waals surface area (Å²) in [6, 6.07) is 15.0. The van der Waals surface area contributed by atoms with Crippen LogP contribution in [0.4, 0.5) is 0 Å². The molecule has 0 radical (unpaired) electrons. The van der Waals surface area contributed by atoms with Crippen LogP contribution in [0.1, 0.15) is 18.0 Å². The van der Waals surface area contributed by atoms with Gasteiger partial charge in [-0.3, -0.25) is 4.79 Å². The molecule has 1 N–H and O–H groups in total. The second-order valence-electron chi connectivity index (χ2n) is 6.11. The number of methoxy groups -OCH3 is 1. The summed E-state index contributed by atoms with van der Waals surface area (Å²) in [4.78, 5) is 14.2. The van der Waals surface area contributed by atoms with Crippen molar-refractivity contribution in [3.05, 3.63) is 59.1 Å². The van der Waals surface area contributed by atoms with E-state index in [1.807, 2.05) is 38.4 Å². The smallest absolute Gasteiger partial charge is 0.223 e. The molecule has 1 unspecified atom stereocenters. The Morgan fingerprint density at radius 2 is 1.88 bits per heavy atom. The highest BCUT2D eigenvalue weighted by atomic mass is 35.5. The van der Waals surface area contributed by atoms with Gasteiger partial charge in [0.1, 0.15) is 11.5 Å². The maximum Gasteiger partial charge on any atom is 0.223 e. The van der Waals surface area contributed by atoms with E-state index < -0.39 is 0 Å². The molecular weight excluding hydrogens is 352 g/mol. The molecule has 0 bridgehead atoms. The van der Waals surface area contributed by atoms with Crippen molar-refractivity contribution in [1.82, 2.24) is 10.2 Å². The Bertz CT molecular complexity index is 704. The highest BCUT2D eigenvalue weighted by molar-refractivity contribution is 6.30. The fraction of sp³-hybridized carbons (Fsp3) is 0.350. The Morgan fingerprint density at radius 3 is 2.54 bits per heavy atom. The molecule has 2 aromatic carbocycles. The van der Waals surface area contributed by atoms with Crippen LogP contribution in [0.15, 0.2) is 48.5 Å². The molecule has 0 aliphatic heterocycles. The summed E-state index contributed by atoms with van der Waals surface area (Å²) < 4.78 is 10.8. The number of benzene rings is 2. The van der Waals surface area contributed by atoms with Crippen LogP contribution in [0.2, 0.25) is 5.02 Å². The Kier molecular flexibility index (Phi) is 7.75. The van der Waals surface area contributed by atoms with E-state index in [9.17, 15) is 4.79 Å². The first kappa shape index (κ1) is 20.1. The lowest BCUT2D eigenvalue weighted by atomic mass is 10.1. The first-order valence-electron chi connectivity index (χ1n) is 8.45. The van der Waals surface area contributed by atoms with Gasteiger partial charge in [-0.05, 0) is 56.1 Å². The Balaban J connectivity index is 1.82. The summed E-state index contributed by atoms with van der Waals surface area (Å²) in [5.74, 6) is 1.45. The molecule has 0 aliphatic rings. The van der Waals surface area contributed by atoms with Gasteiger partial charge in [-0.1, -0.05) is 23.7 Å². The van der Waals surface area contributed by atoms with Crippen molar-refractivity contribution in [2.24, 2.45) is 0 Å². The van der Waals surface area contributed by atoms with Crippen LogP contribution in [-0.2, 0) is 4.79 Å². The Hall–Kier alpha value is -2.24. The van der Waals surface area contributed by atoms with Crippen LogP contribution < -0.4 is 14.8 Å². The summed E-state index contributed by atoms with van der Waals surface area (Å²) in [6.45, 7) is 0.833. The maximum absolute atomic E-state index is 12.1. The number of nitrogens with one attached hydrogen (secondary N) is 1. The lowest BCUT2D eigenvalue weighted by molar-refractivity contribution is -0.121. The third kappa shape index (κ3) is 6.24. The van der Waals surface area contributed by atoms with Crippen molar-refractivity contribution in [3.8, 4) is 11.5 Å². The molecule has 0 saturated carbocycles. The van der Waals surface area contributed by atoms with E-state index in [4.69, 9.17) is 21.1 Å². The predicted octanol–water partition coefficient (Wildman–Crippen LogP) is 3.54. The van der Waals surface area contributed by atoms with Gasteiger partial charge in [0.2, 0.25) is 5.91 Å². The minimum absolute atomic E-state index is 0.0475. The van der Waals surface area contributed by atoms with Crippen LogP contribution in [0.3, 0.4) is 0 Å². The van der Waals surface area contributed by atoms with Crippen LogP contribution in [0.5, 0.6) is 11.5 Å². The van der Waals surface area contributed by atoms with E-state index in [1.54, 1.807) is 31.4 Å². The van der Waals surface area contributed by atoms with Crippen molar-refractivity contribution in [1.29, 1.82) is 0 Å². The van der Waals surface area contributed by atoms with E-state index in [2.05, 4.69) is 10.2 Å². The van der Waals surface area contributed by atoms with Crippen molar-refractivity contribution in [2.75, 3.05) is 34.4 Å². The Labute approximate surface area is 159 Å². The number of hydrogen-bond donors (Lipinski definition) is 1. The minimum atomic E-state index is -0.0475. The highest BCUT2D eigenvalue weighted by Gasteiger charge is 2.16. The van der Waals surface area contributed by atoms with Crippen molar-refractivity contribution >= 4 is 17.5 Å². The number of carbonyl (C=O) groups excluding carboxylic acids is 1. The maximum atomic E-state index is 12.1. The van der Waals surface area contributed by atoms with Gasteiger partial charge < -0.3 is 19.7 Å². The average molecular weight is 377 g/mol. The summed E-state index contributed by atoms with van der Waals surface area (Å²) in [5.41, 5.74) is 1.09. The molecule has 2 aromatic rings. The van der Waals surface area contributed by atoms with Gasteiger partial charge in [-0.2, -0.15) is 0 Å². The molecule has 26 heavy (non-hydrogen) atoms. The lowest BCUT2D eigenvalue weighted by Crippen LogP contribution is -2.35. The number of halogens is 1. The zero-order valence-electron chi connectivity index (χ0n) is 15.4. The number of hydrogen-bond acceptors (Lipinski definition) is 4. The second kappa shape index (κ2) is 10.0. The lowest BCUT2D eigenvalue weighted by Gasteiger charge is -2.25. The number of amides is 1. The number of likely N-dealkylation sites (N-methyl/N-ethyl adjacent to an activating group) is 1. The first-order valence-corrected chi connectivity index (χ1v) is 8.83. The predicted molar refractivity (Wildman–Crippen MR) is 104 cm³/mol. The van der Waals surface area contributed by atoms with Crippen LogP contribution in [0.25, 0.3) is 0 Å². The van der Waals surface area contributed by atoms with E-state index in [0.29, 0.717) is 30.3 Å². The Morgan fingerprint density at radius 1 is 1.15 bits per heavy atom. The van der Waals surface area contributed by atoms with Gasteiger partial charge in [-0.25, -0.2) is 0 Å². The van der Waals surface area contributed by atoms with Crippen LogP contribution in [0, 0.1) is 0 Å². The van der Waals surface area contributed by atoms with Gasteiger partial charge in [0.05, 0.1) is 26.2 Å². The molecule has 1 atom stereocenters.